The number of amides is 1. The van der Waals surface area contributed by atoms with E-state index in [-0.39, 0.29) is 5.91 Å². The van der Waals surface area contributed by atoms with Gasteiger partial charge >= 0.3 is 0 Å². The maximum absolute atomic E-state index is 12.0. The highest BCUT2D eigenvalue weighted by Gasteiger charge is 2.28. The molecule has 0 bridgehead atoms. The number of hydrogen-bond acceptors (Lipinski definition) is 3. The standard InChI is InChI=1S/C16H23N3O/c1-12-10-13(11-18(12)2)17-14-6-3-4-7-15(14)19-9-5-8-16(19)20/h3-4,6-7,12-13,17H,5,8-11H2,1-2H3. The molecule has 2 saturated heterocycles. The number of para-hydroxylation sites is 2. The van der Waals surface area contributed by atoms with Gasteiger partial charge in [-0.1, -0.05) is 12.1 Å². The highest BCUT2D eigenvalue weighted by Crippen LogP contribution is 2.31. The molecular formula is C16H23N3O. The molecule has 0 aliphatic carbocycles. The second-order valence-electron chi connectivity index (χ2n) is 6.03. The summed E-state index contributed by atoms with van der Waals surface area (Å²) in [6, 6.07) is 9.27. The third-order valence-corrected chi connectivity index (χ3v) is 4.51. The average Bonchev–Trinajstić information content (AvgIpc) is 2.97. The van der Waals surface area contributed by atoms with Gasteiger partial charge in [-0.25, -0.2) is 0 Å². The molecule has 0 aromatic heterocycles. The van der Waals surface area contributed by atoms with Gasteiger partial charge in [-0.05, 0) is 38.9 Å². The summed E-state index contributed by atoms with van der Waals surface area (Å²) >= 11 is 0. The van der Waals surface area contributed by atoms with Crippen molar-refractivity contribution < 1.29 is 4.79 Å². The monoisotopic (exact) mass is 273 g/mol. The first kappa shape index (κ1) is 13.4. The van der Waals surface area contributed by atoms with E-state index < -0.39 is 0 Å². The van der Waals surface area contributed by atoms with E-state index in [1.54, 1.807) is 0 Å². The first-order chi connectivity index (χ1) is 9.65. The molecule has 2 unspecified atom stereocenters. The Bertz CT molecular complexity index is 492. The Morgan fingerprint density at radius 2 is 2.10 bits per heavy atom. The number of nitrogens with one attached hydrogen (secondary N) is 1. The van der Waals surface area contributed by atoms with Crippen LogP contribution in [0, 0.1) is 0 Å². The fourth-order valence-electron chi connectivity index (χ4n) is 3.25. The normalized spacial score (nSPS) is 27.3. The summed E-state index contributed by atoms with van der Waals surface area (Å²) in [6.45, 7) is 4.17. The summed E-state index contributed by atoms with van der Waals surface area (Å²) < 4.78 is 0. The van der Waals surface area contributed by atoms with Crippen molar-refractivity contribution in [2.24, 2.45) is 0 Å². The molecule has 20 heavy (non-hydrogen) atoms. The van der Waals surface area contributed by atoms with Crippen LogP contribution in [0.4, 0.5) is 11.4 Å². The lowest BCUT2D eigenvalue weighted by Crippen LogP contribution is -2.28. The summed E-state index contributed by atoms with van der Waals surface area (Å²) in [6.07, 6.45) is 2.80. The zero-order valence-corrected chi connectivity index (χ0v) is 12.3. The number of carbonyl (C=O) groups is 1. The second kappa shape index (κ2) is 5.44. The summed E-state index contributed by atoms with van der Waals surface area (Å²) in [5, 5.41) is 3.63. The number of nitrogens with zero attached hydrogens (tertiary/aromatic N) is 2. The predicted octanol–water partition coefficient (Wildman–Crippen LogP) is 2.32. The first-order valence-corrected chi connectivity index (χ1v) is 7.51. The van der Waals surface area contributed by atoms with Gasteiger partial charge in [0.25, 0.3) is 0 Å². The number of benzene rings is 1. The minimum absolute atomic E-state index is 0.246. The lowest BCUT2D eigenvalue weighted by molar-refractivity contribution is -0.117. The van der Waals surface area contributed by atoms with E-state index in [1.165, 1.54) is 0 Å². The third-order valence-electron chi connectivity index (χ3n) is 4.51. The summed E-state index contributed by atoms with van der Waals surface area (Å²) in [5.41, 5.74) is 2.13. The van der Waals surface area contributed by atoms with E-state index in [1.807, 2.05) is 23.1 Å². The Kier molecular flexibility index (Phi) is 3.66. The van der Waals surface area contributed by atoms with E-state index in [4.69, 9.17) is 0 Å². The molecule has 2 heterocycles. The minimum atomic E-state index is 0.246. The average molecular weight is 273 g/mol. The molecule has 0 spiro atoms. The van der Waals surface area contributed by atoms with Crippen LogP contribution in [0.1, 0.15) is 26.2 Å². The fraction of sp³-hybridized carbons (Fsp3) is 0.562. The van der Waals surface area contributed by atoms with E-state index in [9.17, 15) is 4.79 Å². The molecule has 2 aliphatic rings. The van der Waals surface area contributed by atoms with Crippen molar-refractivity contribution in [3.8, 4) is 0 Å². The van der Waals surface area contributed by atoms with Crippen molar-refractivity contribution in [3.05, 3.63) is 24.3 Å². The lowest BCUT2D eigenvalue weighted by atomic mass is 10.1. The maximum atomic E-state index is 12.0. The molecule has 1 amide bonds. The molecule has 0 saturated carbocycles. The van der Waals surface area contributed by atoms with Crippen LogP contribution in [-0.2, 0) is 4.79 Å². The SMILES string of the molecule is CC1CC(Nc2ccccc2N2CCCC2=O)CN1C. The van der Waals surface area contributed by atoms with Gasteiger partial charge in [-0.2, -0.15) is 0 Å². The fourth-order valence-corrected chi connectivity index (χ4v) is 3.25. The van der Waals surface area contributed by atoms with Crippen molar-refractivity contribution >= 4 is 17.3 Å². The Morgan fingerprint density at radius 3 is 2.75 bits per heavy atom. The molecule has 2 fully saturated rings. The number of likely N-dealkylation sites (tertiary alicyclic amines) is 1. The van der Waals surface area contributed by atoms with Gasteiger partial charge in [-0.15, -0.1) is 0 Å². The van der Waals surface area contributed by atoms with Crippen molar-refractivity contribution in [2.75, 3.05) is 30.4 Å². The minimum Gasteiger partial charge on any atom is -0.379 e. The van der Waals surface area contributed by atoms with Gasteiger partial charge in [0, 0.05) is 31.6 Å². The van der Waals surface area contributed by atoms with Crippen LogP contribution < -0.4 is 10.2 Å². The van der Waals surface area contributed by atoms with Crippen molar-refractivity contribution in [1.29, 1.82) is 0 Å². The van der Waals surface area contributed by atoms with Crippen LogP contribution in [-0.4, -0.2) is 43.0 Å². The molecule has 108 valence electrons. The van der Waals surface area contributed by atoms with Crippen LogP contribution in [0.5, 0.6) is 0 Å². The summed E-state index contributed by atoms with van der Waals surface area (Å²) in [4.78, 5) is 16.3. The van der Waals surface area contributed by atoms with Gasteiger partial charge in [-0.3, -0.25) is 4.79 Å². The Balaban J connectivity index is 1.78. The number of anilines is 2. The van der Waals surface area contributed by atoms with Gasteiger partial charge < -0.3 is 15.1 Å². The molecule has 4 nitrogen and oxygen atoms in total. The van der Waals surface area contributed by atoms with Crippen molar-refractivity contribution in [3.63, 3.8) is 0 Å². The van der Waals surface area contributed by atoms with Crippen LogP contribution in [0.25, 0.3) is 0 Å². The second-order valence-corrected chi connectivity index (χ2v) is 6.03. The highest BCUT2D eigenvalue weighted by molar-refractivity contribution is 5.98. The third kappa shape index (κ3) is 2.52. The molecule has 1 N–H and O–H groups in total. The Morgan fingerprint density at radius 1 is 1.30 bits per heavy atom. The predicted molar refractivity (Wildman–Crippen MR) is 82.1 cm³/mol. The molecule has 1 aromatic carbocycles. The van der Waals surface area contributed by atoms with Gasteiger partial charge in [0.05, 0.1) is 11.4 Å². The summed E-state index contributed by atoms with van der Waals surface area (Å²) in [7, 11) is 2.17. The Hall–Kier alpha value is -1.55. The van der Waals surface area contributed by atoms with Gasteiger partial charge in [0.2, 0.25) is 5.91 Å². The van der Waals surface area contributed by atoms with Crippen LogP contribution in [0.15, 0.2) is 24.3 Å². The Labute approximate surface area is 120 Å². The lowest BCUT2D eigenvalue weighted by Gasteiger charge is -2.22. The largest absolute Gasteiger partial charge is 0.379 e. The molecular weight excluding hydrogens is 250 g/mol. The maximum Gasteiger partial charge on any atom is 0.227 e. The van der Waals surface area contributed by atoms with Crippen LogP contribution in [0.2, 0.25) is 0 Å². The number of rotatable bonds is 3. The smallest absolute Gasteiger partial charge is 0.227 e. The highest BCUT2D eigenvalue weighted by atomic mass is 16.2. The van der Waals surface area contributed by atoms with Gasteiger partial charge in [0.1, 0.15) is 0 Å². The topological polar surface area (TPSA) is 35.6 Å². The molecule has 3 rings (SSSR count). The molecule has 2 aliphatic heterocycles. The van der Waals surface area contributed by atoms with E-state index >= 15 is 0 Å². The van der Waals surface area contributed by atoms with Crippen LogP contribution in [0.3, 0.4) is 0 Å². The van der Waals surface area contributed by atoms with Crippen molar-refractivity contribution in [1.82, 2.24) is 4.90 Å². The number of carbonyl (C=O) groups excluding carboxylic acids is 1. The number of hydrogen-bond donors (Lipinski definition) is 1. The zero-order valence-electron chi connectivity index (χ0n) is 12.3. The number of likely N-dealkylation sites (N-methyl/N-ethyl adjacent to an activating group) is 1. The summed E-state index contributed by atoms with van der Waals surface area (Å²) in [5.74, 6) is 0.246. The van der Waals surface area contributed by atoms with Crippen molar-refractivity contribution in [2.45, 2.75) is 38.3 Å². The molecule has 2 atom stereocenters. The molecule has 1 aromatic rings. The van der Waals surface area contributed by atoms with Crippen LogP contribution >= 0.6 is 0 Å². The van der Waals surface area contributed by atoms with Gasteiger partial charge in [0.15, 0.2) is 0 Å². The zero-order chi connectivity index (χ0) is 14.1. The van der Waals surface area contributed by atoms with E-state index in [0.29, 0.717) is 18.5 Å². The molecule has 4 heteroatoms. The molecule has 0 radical (unpaired) electrons. The van der Waals surface area contributed by atoms with E-state index in [2.05, 4.69) is 30.3 Å². The van der Waals surface area contributed by atoms with E-state index in [0.717, 1.165) is 37.3 Å². The first-order valence-electron chi connectivity index (χ1n) is 7.51. The quantitative estimate of drug-likeness (QED) is 0.918.